The SMILES string of the molecule is O=S(=O)(Nc1cccc(-c2csc(-c3cccnc3)n2)c1)C1CC1. The van der Waals surface area contributed by atoms with Gasteiger partial charge in [0.15, 0.2) is 0 Å². The molecule has 1 N–H and O–H groups in total. The van der Waals surface area contributed by atoms with Crippen LogP contribution >= 0.6 is 11.3 Å². The quantitative estimate of drug-likeness (QED) is 0.754. The fraction of sp³-hybridized carbons (Fsp3) is 0.176. The molecule has 0 atom stereocenters. The van der Waals surface area contributed by atoms with Crippen LogP contribution in [0.4, 0.5) is 5.69 Å². The molecule has 122 valence electrons. The summed E-state index contributed by atoms with van der Waals surface area (Å²) < 4.78 is 26.8. The van der Waals surface area contributed by atoms with Crippen molar-refractivity contribution in [1.82, 2.24) is 9.97 Å². The zero-order chi connectivity index (χ0) is 16.6. The largest absolute Gasteiger partial charge is 0.283 e. The Labute approximate surface area is 144 Å². The van der Waals surface area contributed by atoms with Crippen molar-refractivity contribution in [2.24, 2.45) is 0 Å². The topological polar surface area (TPSA) is 72.0 Å². The second kappa shape index (κ2) is 5.99. The van der Waals surface area contributed by atoms with Crippen molar-refractivity contribution in [2.75, 3.05) is 4.72 Å². The number of aromatic nitrogens is 2. The maximum atomic E-state index is 12.1. The summed E-state index contributed by atoms with van der Waals surface area (Å²) in [6, 6.07) is 11.2. The third-order valence-electron chi connectivity index (χ3n) is 3.79. The average Bonchev–Trinajstić information content (AvgIpc) is 3.34. The zero-order valence-electron chi connectivity index (χ0n) is 12.7. The van der Waals surface area contributed by atoms with E-state index in [1.807, 2.05) is 35.7 Å². The van der Waals surface area contributed by atoms with Crippen LogP contribution in [0.1, 0.15) is 12.8 Å². The number of anilines is 1. The number of thiazole rings is 1. The minimum absolute atomic E-state index is 0.238. The molecule has 7 heteroatoms. The lowest BCUT2D eigenvalue weighted by Crippen LogP contribution is -2.17. The number of rotatable bonds is 5. The zero-order valence-corrected chi connectivity index (χ0v) is 14.3. The first kappa shape index (κ1) is 15.3. The van der Waals surface area contributed by atoms with Crippen LogP contribution in [0.3, 0.4) is 0 Å². The van der Waals surface area contributed by atoms with Crippen molar-refractivity contribution >= 4 is 27.0 Å². The molecular weight excluding hydrogens is 342 g/mol. The second-order valence-corrected chi connectivity index (χ2v) is 8.53. The van der Waals surface area contributed by atoms with E-state index in [9.17, 15) is 8.42 Å². The van der Waals surface area contributed by atoms with E-state index in [0.29, 0.717) is 5.69 Å². The van der Waals surface area contributed by atoms with Crippen LogP contribution in [0.5, 0.6) is 0 Å². The molecule has 5 nitrogen and oxygen atoms in total. The number of hydrogen-bond donors (Lipinski definition) is 1. The van der Waals surface area contributed by atoms with Crippen molar-refractivity contribution in [1.29, 1.82) is 0 Å². The van der Waals surface area contributed by atoms with Gasteiger partial charge in [-0.2, -0.15) is 0 Å². The molecule has 0 amide bonds. The Balaban J connectivity index is 1.61. The van der Waals surface area contributed by atoms with Gasteiger partial charge in [-0.05, 0) is 37.1 Å². The Hall–Kier alpha value is -2.25. The molecule has 1 saturated carbocycles. The Kier molecular flexibility index (Phi) is 3.82. The molecule has 2 aromatic heterocycles. The highest BCUT2D eigenvalue weighted by Crippen LogP contribution is 2.32. The molecule has 0 saturated heterocycles. The number of pyridine rings is 1. The molecule has 1 aromatic carbocycles. The summed E-state index contributed by atoms with van der Waals surface area (Å²) >= 11 is 1.54. The summed E-state index contributed by atoms with van der Waals surface area (Å²) in [4.78, 5) is 8.75. The second-order valence-electron chi connectivity index (χ2n) is 5.71. The molecule has 3 aromatic rings. The molecule has 1 aliphatic carbocycles. The lowest BCUT2D eigenvalue weighted by Gasteiger charge is -2.07. The number of benzene rings is 1. The van der Waals surface area contributed by atoms with Gasteiger partial charge in [0.25, 0.3) is 0 Å². The molecule has 4 rings (SSSR count). The van der Waals surface area contributed by atoms with E-state index < -0.39 is 10.0 Å². The summed E-state index contributed by atoms with van der Waals surface area (Å²) in [6.45, 7) is 0. The molecule has 24 heavy (non-hydrogen) atoms. The minimum Gasteiger partial charge on any atom is -0.283 e. The van der Waals surface area contributed by atoms with Crippen molar-refractivity contribution < 1.29 is 8.42 Å². The number of sulfonamides is 1. The van der Waals surface area contributed by atoms with Gasteiger partial charge in [0.05, 0.1) is 10.9 Å². The summed E-state index contributed by atoms with van der Waals surface area (Å²) in [5.41, 5.74) is 3.26. The van der Waals surface area contributed by atoms with Crippen molar-refractivity contribution in [3.05, 3.63) is 54.2 Å². The summed E-state index contributed by atoms with van der Waals surface area (Å²) in [6.07, 6.45) is 5.00. The number of nitrogens with zero attached hydrogens (tertiary/aromatic N) is 2. The van der Waals surface area contributed by atoms with Gasteiger partial charge in [0.1, 0.15) is 5.01 Å². The predicted molar refractivity (Wildman–Crippen MR) is 96.3 cm³/mol. The van der Waals surface area contributed by atoms with Gasteiger partial charge >= 0.3 is 0 Å². The Morgan fingerprint density at radius 1 is 1.12 bits per heavy atom. The van der Waals surface area contributed by atoms with Crippen LogP contribution in [0.2, 0.25) is 0 Å². The fourth-order valence-electron chi connectivity index (χ4n) is 2.40. The van der Waals surface area contributed by atoms with Crippen LogP contribution in [-0.2, 0) is 10.0 Å². The van der Waals surface area contributed by atoms with Crippen LogP contribution in [0.25, 0.3) is 21.8 Å². The molecule has 2 heterocycles. The van der Waals surface area contributed by atoms with E-state index in [1.54, 1.807) is 29.8 Å². The first-order valence-corrected chi connectivity index (χ1v) is 10.0. The lowest BCUT2D eigenvalue weighted by atomic mass is 10.1. The van der Waals surface area contributed by atoms with E-state index in [2.05, 4.69) is 14.7 Å². The normalized spacial score (nSPS) is 14.5. The van der Waals surface area contributed by atoms with E-state index >= 15 is 0 Å². The summed E-state index contributed by atoms with van der Waals surface area (Å²) in [7, 11) is -3.25. The molecule has 0 bridgehead atoms. The van der Waals surface area contributed by atoms with E-state index in [4.69, 9.17) is 0 Å². The van der Waals surface area contributed by atoms with Crippen molar-refractivity contribution in [3.63, 3.8) is 0 Å². The minimum atomic E-state index is -3.25. The molecule has 0 aliphatic heterocycles. The van der Waals surface area contributed by atoms with Gasteiger partial charge in [-0.1, -0.05) is 12.1 Å². The molecule has 1 aliphatic rings. The maximum Gasteiger partial charge on any atom is 0.235 e. The van der Waals surface area contributed by atoms with Gasteiger partial charge in [-0.3, -0.25) is 9.71 Å². The summed E-state index contributed by atoms with van der Waals surface area (Å²) in [5, 5.41) is 2.62. The van der Waals surface area contributed by atoms with Gasteiger partial charge in [0.2, 0.25) is 10.0 Å². The Morgan fingerprint density at radius 3 is 2.71 bits per heavy atom. The van der Waals surface area contributed by atoms with Gasteiger partial charge in [0, 0.05) is 34.6 Å². The molecule has 0 unspecified atom stereocenters. The highest BCUT2D eigenvalue weighted by Gasteiger charge is 2.35. The fourth-order valence-corrected chi connectivity index (χ4v) is 4.59. The Morgan fingerprint density at radius 2 is 1.96 bits per heavy atom. The smallest absolute Gasteiger partial charge is 0.235 e. The summed E-state index contributed by atoms with van der Waals surface area (Å²) in [5.74, 6) is 0. The highest BCUT2D eigenvalue weighted by atomic mass is 32.2. The third kappa shape index (κ3) is 3.18. The van der Waals surface area contributed by atoms with E-state index in [1.165, 1.54) is 0 Å². The first-order valence-electron chi connectivity index (χ1n) is 7.60. The van der Waals surface area contributed by atoms with Crippen LogP contribution in [0, 0.1) is 0 Å². The van der Waals surface area contributed by atoms with Crippen LogP contribution < -0.4 is 4.72 Å². The van der Waals surface area contributed by atoms with E-state index in [0.717, 1.165) is 34.7 Å². The van der Waals surface area contributed by atoms with Crippen molar-refractivity contribution in [3.8, 4) is 21.8 Å². The van der Waals surface area contributed by atoms with Gasteiger partial charge in [-0.15, -0.1) is 11.3 Å². The highest BCUT2D eigenvalue weighted by molar-refractivity contribution is 7.93. The molecular formula is C17H15N3O2S2. The lowest BCUT2D eigenvalue weighted by molar-refractivity contribution is 0.600. The third-order valence-corrected chi connectivity index (χ3v) is 6.55. The standard InChI is InChI=1S/C17H15N3O2S2/c21-24(22,15-6-7-15)20-14-5-1-3-12(9-14)16-11-23-17(19-16)13-4-2-8-18-10-13/h1-5,8-11,15,20H,6-7H2. The van der Waals surface area contributed by atoms with Crippen molar-refractivity contribution in [2.45, 2.75) is 18.1 Å². The Bertz CT molecular complexity index is 964. The maximum absolute atomic E-state index is 12.1. The molecule has 0 radical (unpaired) electrons. The van der Waals surface area contributed by atoms with Gasteiger partial charge in [-0.25, -0.2) is 13.4 Å². The number of hydrogen-bond acceptors (Lipinski definition) is 5. The first-order chi connectivity index (χ1) is 11.6. The van der Waals surface area contributed by atoms with E-state index in [-0.39, 0.29) is 5.25 Å². The number of nitrogens with one attached hydrogen (secondary N) is 1. The van der Waals surface area contributed by atoms with Crippen LogP contribution in [0.15, 0.2) is 54.2 Å². The molecule has 1 fully saturated rings. The van der Waals surface area contributed by atoms with Crippen LogP contribution in [-0.4, -0.2) is 23.6 Å². The predicted octanol–water partition coefficient (Wildman–Crippen LogP) is 3.78. The van der Waals surface area contributed by atoms with Gasteiger partial charge < -0.3 is 0 Å². The molecule has 0 spiro atoms. The monoisotopic (exact) mass is 357 g/mol. The average molecular weight is 357 g/mol.